The highest BCUT2D eigenvalue weighted by Crippen LogP contribution is 2.50. The predicted molar refractivity (Wildman–Crippen MR) is 90.1 cm³/mol. The first-order valence-corrected chi connectivity index (χ1v) is 8.12. The molecule has 124 valence electrons. The molecule has 2 heterocycles. The second kappa shape index (κ2) is 5.61. The fraction of sp³-hybridized carbons (Fsp3) is 0.316. The van der Waals surface area contributed by atoms with Crippen LogP contribution in [0.25, 0.3) is 0 Å². The van der Waals surface area contributed by atoms with Gasteiger partial charge in [0.15, 0.2) is 0 Å². The average Bonchev–Trinajstić information content (AvgIpc) is 3.12. The third-order valence-electron chi connectivity index (χ3n) is 4.82. The van der Waals surface area contributed by atoms with Crippen molar-refractivity contribution in [2.45, 2.75) is 24.0 Å². The van der Waals surface area contributed by atoms with Crippen molar-refractivity contribution in [1.82, 2.24) is 5.32 Å². The van der Waals surface area contributed by atoms with Crippen LogP contribution in [0.15, 0.2) is 54.6 Å². The van der Waals surface area contributed by atoms with Crippen LogP contribution >= 0.6 is 0 Å². The lowest BCUT2D eigenvalue weighted by atomic mass is 9.68. The lowest BCUT2D eigenvalue weighted by Crippen LogP contribution is -2.61. The summed E-state index contributed by atoms with van der Waals surface area (Å²) in [6.07, 6.45) is 1.61. The minimum atomic E-state index is -0.240. The fourth-order valence-corrected chi connectivity index (χ4v) is 3.62. The van der Waals surface area contributed by atoms with Crippen LogP contribution in [0.1, 0.15) is 23.2 Å². The Morgan fingerprint density at radius 3 is 2.38 bits per heavy atom. The third kappa shape index (κ3) is 2.66. The van der Waals surface area contributed by atoms with Crippen molar-refractivity contribution in [2.24, 2.45) is 5.73 Å². The second-order valence-electron chi connectivity index (χ2n) is 6.70. The van der Waals surface area contributed by atoms with Crippen molar-refractivity contribution >= 4 is 5.91 Å². The summed E-state index contributed by atoms with van der Waals surface area (Å²) in [7, 11) is 0. The molecule has 2 aromatic carbocycles. The molecule has 5 rings (SSSR count). The number of para-hydroxylation sites is 1. The Bertz CT molecular complexity index is 737. The number of amides is 1. The molecule has 1 amide bonds. The Hall–Kier alpha value is -2.37. The van der Waals surface area contributed by atoms with Crippen LogP contribution in [0.5, 0.6) is 11.5 Å². The molecule has 0 aromatic heterocycles. The lowest BCUT2D eigenvalue weighted by Gasteiger charge is -2.44. The standard InChI is InChI=1S/C19H20N2O3/c20-12-19-10-18(11-19,13-23-19)21-17(22)14-6-8-16(9-7-14)24-15-4-2-1-3-5-15/h1-9H,10-13,20H2,(H,21,22). The smallest absolute Gasteiger partial charge is 0.251 e. The summed E-state index contributed by atoms with van der Waals surface area (Å²) in [6, 6.07) is 16.7. The van der Waals surface area contributed by atoms with E-state index in [2.05, 4.69) is 5.32 Å². The van der Waals surface area contributed by atoms with E-state index in [-0.39, 0.29) is 17.0 Å². The number of carbonyl (C=O) groups excluding carboxylic acids is 1. The molecule has 0 unspecified atom stereocenters. The molecule has 5 nitrogen and oxygen atoms in total. The topological polar surface area (TPSA) is 73.6 Å². The zero-order valence-electron chi connectivity index (χ0n) is 13.3. The normalized spacial score (nSPS) is 27.4. The summed E-state index contributed by atoms with van der Waals surface area (Å²) < 4.78 is 11.5. The first-order valence-electron chi connectivity index (χ1n) is 8.12. The van der Waals surface area contributed by atoms with Gasteiger partial charge in [-0.1, -0.05) is 18.2 Å². The molecular formula is C19H20N2O3. The van der Waals surface area contributed by atoms with E-state index in [0.717, 1.165) is 18.6 Å². The molecule has 2 aliphatic heterocycles. The van der Waals surface area contributed by atoms with Crippen molar-refractivity contribution < 1.29 is 14.3 Å². The Labute approximate surface area is 140 Å². The quantitative estimate of drug-likeness (QED) is 0.886. The fourth-order valence-electron chi connectivity index (χ4n) is 3.62. The van der Waals surface area contributed by atoms with E-state index in [0.29, 0.717) is 24.5 Å². The summed E-state index contributed by atoms with van der Waals surface area (Å²) in [6.45, 7) is 1.06. The number of nitrogens with one attached hydrogen (secondary N) is 1. The molecule has 0 atom stereocenters. The van der Waals surface area contributed by atoms with Gasteiger partial charge in [-0.25, -0.2) is 0 Å². The molecule has 2 saturated heterocycles. The Morgan fingerprint density at radius 2 is 1.75 bits per heavy atom. The summed E-state index contributed by atoms with van der Waals surface area (Å²) in [5, 5.41) is 3.11. The van der Waals surface area contributed by atoms with Crippen LogP contribution < -0.4 is 15.8 Å². The highest BCUT2D eigenvalue weighted by atomic mass is 16.5. The van der Waals surface area contributed by atoms with Crippen molar-refractivity contribution in [2.75, 3.05) is 13.2 Å². The van der Waals surface area contributed by atoms with Crippen molar-refractivity contribution in [3.05, 3.63) is 60.2 Å². The van der Waals surface area contributed by atoms with E-state index < -0.39 is 0 Å². The van der Waals surface area contributed by atoms with Gasteiger partial charge in [0.2, 0.25) is 0 Å². The van der Waals surface area contributed by atoms with Gasteiger partial charge in [0.25, 0.3) is 5.91 Å². The SMILES string of the molecule is NCC12CC(NC(=O)c3ccc(Oc4ccccc4)cc3)(CO1)C2. The van der Waals surface area contributed by atoms with Gasteiger partial charge in [-0.3, -0.25) is 4.79 Å². The number of carbonyl (C=O) groups is 1. The van der Waals surface area contributed by atoms with Crippen LogP contribution in [0.2, 0.25) is 0 Å². The number of hydrogen-bond donors (Lipinski definition) is 2. The number of ether oxygens (including phenoxy) is 2. The zero-order chi connectivity index (χ0) is 16.6. The van der Waals surface area contributed by atoms with E-state index in [4.69, 9.17) is 15.2 Å². The molecule has 3 aliphatic rings. The Kier molecular flexibility index (Phi) is 3.55. The maximum Gasteiger partial charge on any atom is 0.251 e. The monoisotopic (exact) mass is 324 g/mol. The molecule has 3 N–H and O–H groups in total. The first-order chi connectivity index (χ1) is 11.6. The van der Waals surface area contributed by atoms with Crippen LogP contribution in [0.4, 0.5) is 0 Å². The average molecular weight is 324 g/mol. The van der Waals surface area contributed by atoms with Gasteiger partial charge in [-0.15, -0.1) is 0 Å². The molecule has 3 fully saturated rings. The Morgan fingerprint density at radius 1 is 1.08 bits per heavy atom. The molecule has 0 radical (unpaired) electrons. The second-order valence-corrected chi connectivity index (χ2v) is 6.70. The highest BCUT2D eigenvalue weighted by molar-refractivity contribution is 5.95. The van der Waals surface area contributed by atoms with Crippen LogP contribution in [0.3, 0.4) is 0 Å². The molecular weight excluding hydrogens is 304 g/mol. The van der Waals surface area contributed by atoms with Crippen LogP contribution in [-0.4, -0.2) is 30.2 Å². The van der Waals surface area contributed by atoms with Crippen molar-refractivity contribution in [1.29, 1.82) is 0 Å². The van der Waals surface area contributed by atoms with Gasteiger partial charge < -0.3 is 20.5 Å². The summed E-state index contributed by atoms with van der Waals surface area (Å²) in [5.41, 5.74) is 5.90. The maximum absolute atomic E-state index is 12.5. The van der Waals surface area contributed by atoms with E-state index in [9.17, 15) is 4.79 Å². The van der Waals surface area contributed by atoms with Crippen LogP contribution in [0, 0.1) is 0 Å². The van der Waals surface area contributed by atoms with Gasteiger partial charge in [0.05, 0.1) is 17.7 Å². The molecule has 2 aromatic rings. The van der Waals surface area contributed by atoms with Gasteiger partial charge in [0, 0.05) is 24.9 Å². The number of fused-ring (bicyclic) bond motifs is 1. The molecule has 5 heteroatoms. The largest absolute Gasteiger partial charge is 0.457 e. The van der Waals surface area contributed by atoms with E-state index in [1.54, 1.807) is 24.3 Å². The zero-order valence-corrected chi connectivity index (χ0v) is 13.3. The predicted octanol–water partition coefficient (Wildman–Crippen LogP) is 2.47. The minimum absolute atomic E-state index is 0.0858. The number of rotatable bonds is 5. The molecule has 0 spiro atoms. The molecule has 2 bridgehead atoms. The number of nitrogens with two attached hydrogens (primary N) is 1. The van der Waals surface area contributed by atoms with Crippen molar-refractivity contribution in [3.63, 3.8) is 0 Å². The first kappa shape index (κ1) is 15.2. The lowest BCUT2D eigenvalue weighted by molar-refractivity contribution is 0.00330. The van der Waals surface area contributed by atoms with E-state index in [1.807, 2.05) is 30.3 Å². The number of hydrogen-bond acceptors (Lipinski definition) is 4. The highest BCUT2D eigenvalue weighted by Gasteiger charge is 2.62. The molecule has 24 heavy (non-hydrogen) atoms. The summed E-state index contributed by atoms with van der Waals surface area (Å²) in [5.74, 6) is 1.38. The number of benzene rings is 2. The molecule has 1 aliphatic carbocycles. The Balaban J connectivity index is 1.39. The summed E-state index contributed by atoms with van der Waals surface area (Å²) in [4.78, 5) is 12.5. The van der Waals surface area contributed by atoms with Crippen LogP contribution in [-0.2, 0) is 4.74 Å². The summed E-state index contributed by atoms with van der Waals surface area (Å²) >= 11 is 0. The van der Waals surface area contributed by atoms with Gasteiger partial charge in [-0.05, 0) is 36.4 Å². The molecule has 1 saturated carbocycles. The van der Waals surface area contributed by atoms with Gasteiger partial charge in [0.1, 0.15) is 11.5 Å². The third-order valence-corrected chi connectivity index (χ3v) is 4.82. The van der Waals surface area contributed by atoms with E-state index in [1.165, 1.54) is 0 Å². The minimum Gasteiger partial charge on any atom is -0.457 e. The maximum atomic E-state index is 12.5. The van der Waals surface area contributed by atoms with Gasteiger partial charge in [-0.2, -0.15) is 0 Å². The van der Waals surface area contributed by atoms with Crippen molar-refractivity contribution in [3.8, 4) is 11.5 Å². The van der Waals surface area contributed by atoms with E-state index >= 15 is 0 Å². The van der Waals surface area contributed by atoms with Gasteiger partial charge >= 0.3 is 0 Å².